The lowest BCUT2D eigenvalue weighted by molar-refractivity contribution is 0.172. The summed E-state index contributed by atoms with van der Waals surface area (Å²) in [6.45, 7) is 0. The van der Waals surface area contributed by atoms with E-state index in [1.807, 2.05) is 6.07 Å². The molecule has 1 aromatic carbocycles. The van der Waals surface area contributed by atoms with Crippen LogP contribution in [0.15, 0.2) is 35.9 Å². The number of ether oxygens (including phenoxy) is 1. The first kappa shape index (κ1) is 12.0. The Bertz CT molecular complexity index is 436. The topological polar surface area (TPSA) is 9.23 Å². The van der Waals surface area contributed by atoms with Crippen molar-refractivity contribution in [3.05, 3.63) is 41.5 Å². The van der Waals surface area contributed by atoms with E-state index < -0.39 is 0 Å². The summed E-state index contributed by atoms with van der Waals surface area (Å²) >= 11 is 0. The predicted molar refractivity (Wildman–Crippen MR) is 71.5 cm³/mol. The molecule has 1 heteroatoms. The van der Waals surface area contributed by atoms with Crippen molar-refractivity contribution in [1.29, 1.82) is 0 Å². The second-order valence-electron chi connectivity index (χ2n) is 4.36. The Morgan fingerprint density at radius 3 is 2.53 bits per heavy atom. The minimum absolute atomic E-state index is 0.162. The summed E-state index contributed by atoms with van der Waals surface area (Å²) in [6, 6.07) is 10.5. The molecule has 1 nitrogen and oxygen atoms in total. The van der Waals surface area contributed by atoms with E-state index in [2.05, 4.69) is 30.2 Å². The van der Waals surface area contributed by atoms with Gasteiger partial charge in [0.05, 0.1) is 0 Å². The van der Waals surface area contributed by atoms with Gasteiger partial charge in [0.15, 0.2) is 0 Å². The van der Waals surface area contributed by atoms with Gasteiger partial charge in [0.25, 0.3) is 0 Å². The third kappa shape index (κ3) is 2.60. The molecular formula is C16H18O. The maximum atomic E-state index is 5.55. The van der Waals surface area contributed by atoms with Gasteiger partial charge in [-0.15, -0.1) is 6.42 Å². The van der Waals surface area contributed by atoms with Crippen molar-refractivity contribution in [3.8, 4) is 12.3 Å². The number of benzene rings is 1. The molecule has 0 saturated carbocycles. The first-order valence-electron chi connectivity index (χ1n) is 6.13. The van der Waals surface area contributed by atoms with E-state index in [1.54, 1.807) is 7.11 Å². The van der Waals surface area contributed by atoms with Gasteiger partial charge in [0.1, 0.15) is 6.10 Å². The highest BCUT2D eigenvalue weighted by atomic mass is 16.5. The van der Waals surface area contributed by atoms with Crippen molar-refractivity contribution >= 4 is 5.57 Å². The van der Waals surface area contributed by atoms with Crippen molar-refractivity contribution in [2.24, 2.45) is 0 Å². The number of rotatable bonds is 3. The summed E-state index contributed by atoms with van der Waals surface area (Å²) in [5.74, 6) is 2.74. The van der Waals surface area contributed by atoms with E-state index in [1.165, 1.54) is 29.6 Å². The first-order valence-corrected chi connectivity index (χ1v) is 6.13. The Morgan fingerprint density at radius 1 is 1.18 bits per heavy atom. The van der Waals surface area contributed by atoms with Gasteiger partial charge in [-0.05, 0) is 42.4 Å². The molecule has 2 rings (SSSR count). The minimum Gasteiger partial charge on any atom is -0.364 e. The van der Waals surface area contributed by atoms with E-state index in [-0.39, 0.29) is 6.10 Å². The number of hydrogen-bond donors (Lipinski definition) is 0. The maximum absolute atomic E-state index is 5.55. The Morgan fingerprint density at radius 2 is 1.88 bits per heavy atom. The molecular weight excluding hydrogens is 208 g/mol. The number of terminal acetylenes is 1. The van der Waals surface area contributed by atoms with E-state index in [9.17, 15) is 0 Å². The van der Waals surface area contributed by atoms with Crippen LogP contribution in [0.2, 0.25) is 0 Å². The van der Waals surface area contributed by atoms with E-state index >= 15 is 0 Å². The SMILES string of the molecule is C#CC(OC)C1=C(c2ccccc2)CCCC1. The molecule has 0 amide bonds. The third-order valence-corrected chi connectivity index (χ3v) is 3.34. The molecule has 1 aliphatic carbocycles. The van der Waals surface area contributed by atoms with E-state index in [4.69, 9.17) is 11.2 Å². The molecule has 0 fully saturated rings. The van der Waals surface area contributed by atoms with Crippen molar-refractivity contribution < 1.29 is 4.74 Å². The number of methoxy groups -OCH3 is 1. The molecule has 0 N–H and O–H groups in total. The van der Waals surface area contributed by atoms with Crippen LogP contribution in [0, 0.1) is 12.3 Å². The second-order valence-corrected chi connectivity index (χ2v) is 4.36. The summed E-state index contributed by atoms with van der Waals surface area (Å²) in [5, 5.41) is 0. The van der Waals surface area contributed by atoms with Crippen molar-refractivity contribution in [2.45, 2.75) is 31.8 Å². The fourth-order valence-electron chi connectivity index (χ4n) is 2.50. The zero-order chi connectivity index (χ0) is 12.1. The van der Waals surface area contributed by atoms with Crippen molar-refractivity contribution in [2.75, 3.05) is 7.11 Å². The van der Waals surface area contributed by atoms with Crippen LogP contribution in [0.3, 0.4) is 0 Å². The monoisotopic (exact) mass is 226 g/mol. The lowest BCUT2D eigenvalue weighted by atomic mass is 9.85. The summed E-state index contributed by atoms with van der Waals surface area (Å²) in [5.41, 5.74) is 3.98. The van der Waals surface area contributed by atoms with Gasteiger partial charge in [0.2, 0.25) is 0 Å². The zero-order valence-corrected chi connectivity index (χ0v) is 10.3. The lowest BCUT2D eigenvalue weighted by Gasteiger charge is -2.24. The Kier molecular flexibility index (Phi) is 4.01. The summed E-state index contributed by atoms with van der Waals surface area (Å²) in [6.07, 6.45) is 10.0. The van der Waals surface area contributed by atoms with Crippen molar-refractivity contribution in [3.63, 3.8) is 0 Å². The zero-order valence-electron chi connectivity index (χ0n) is 10.3. The third-order valence-electron chi connectivity index (χ3n) is 3.34. The van der Waals surface area contributed by atoms with Crippen LogP contribution in [0.25, 0.3) is 5.57 Å². The molecule has 0 saturated heterocycles. The van der Waals surface area contributed by atoms with Crippen LogP contribution in [0.5, 0.6) is 0 Å². The molecule has 1 aromatic rings. The van der Waals surface area contributed by atoms with Crippen LogP contribution in [-0.2, 0) is 4.74 Å². The van der Waals surface area contributed by atoms with Crippen molar-refractivity contribution in [1.82, 2.24) is 0 Å². The van der Waals surface area contributed by atoms with Gasteiger partial charge in [-0.3, -0.25) is 0 Å². The standard InChI is InChI=1S/C16H18O/c1-3-16(17-2)15-12-8-7-11-14(15)13-9-5-4-6-10-13/h1,4-6,9-10,16H,7-8,11-12H2,2H3. The molecule has 1 unspecified atom stereocenters. The molecule has 1 aliphatic rings. The van der Waals surface area contributed by atoms with Crippen LogP contribution in [0.1, 0.15) is 31.2 Å². The average Bonchev–Trinajstić information content (AvgIpc) is 2.42. The van der Waals surface area contributed by atoms with Gasteiger partial charge < -0.3 is 4.74 Å². The second kappa shape index (κ2) is 5.70. The lowest BCUT2D eigenvalue weighted by Crippen LogP contribution is -2.15. The molecule has 0 aliphatic heterocycles. The van der Waals surface area contributed by atoms with Crippen LogP contribution >= 0.6 is 0 Å². The number of allylic oxidation sites excluding steroid dienone is 1. The highest BCUT2D eigenvalue weighted by Gasteiger charge is 2.20. The van der Waals surface area contributed by atoms with Gasteiger partial charge in [-0.1, -0.05) is 36.3 Å². The van der Waals surface area contributed by atoms with E-state index in [0.717, 1.165) is 12.8 Å². The Hall–Kier alpha value is -1.52. The van der Waals surface area contributed by atoms with Crippen LogP contribution in [-0.4, -0.2) is 13.2 Å². The summed E-state index contributed by atoms with van der Waals surface area (Å²) in [4.78, 5) is 0. The van der Waals surface area contributed by atoms with Crippen LogP contribution < -0.4 is 0 Å². The quantitative estimate of drug-likeness (QED) is 0.715. The van der Waals surface area contributed by atoms with Gasteiger partial charge in [0, 0.05) is 7.11 Å². The van der Waals surface area contributed by atoms with Gasteiger partial charge in [-0.25, -0.2) is 0 Å². The Labute approximate surface area is 103 Å². The maximum Gasteiger partial charge on any atom is 0.139 e. The largest absolute Gasteiger partial charge is 0.364 e. The molecule has 88 valence electrons. The molecule has 1 atom stereocenters. The van der Waals surface area contributed by atoms with Gasteiger partial charge in [-0.2, -0.15) is 0 Å². The fraction of sp³-hybridized carbons (Fsp3) is 0.375. The average molecular weight is 226 g/mol. The molecule has 0 spiro atoms. The van der Waals surface area contributed by atoms with Gasteiger partial charge >= 0.3 is 0 Å². The summed E-state index contributed by atoms with van der Waals surface area (Å²) in [7, 11) is 1.69. The fourth-order valence-corrected chi connectivity index (χ4v) is 2.50. The normalized spacial score (nSPS) is 17.6. The van der Waals surface area contributed by atoms with Crippen LogP contribution in [0.4, 0.5) is 0 Å². The molecule has 0 bridgehead atoms. The molecule has 17 heavy (non-hydrogen) atoms. The first-order chi connectivity index (χ1) is 8.36. The molecule has 0 aromatic heterocycles. The molecule has 0 heterocycles. The minimum atomic E-state index is -0.162. The predicted octanol–water partition coefficient (Wildman–Crippen LogP) is 3.66. The smallest absolute Gasteiger partial charge is 0.139 e. The highest BCUT2D eigenvalue weighted by molar-refractivity contribution is 5.70. The highest BCUT2D eigenvalue weighted by Crippen LogP contribution is 2.34. The summed E-state index contributed by atoms with van der Waals surface area (Å²) < 4.78 is 5.40. The molecule has 0 radical (unpaired) electrons. The van der Waals surface area contributed by atoms with E-state index in [0.29, 0.717) is 0 Å². The Balaban J connectivity index is 2.42. The number of hydrogen-bond acceptors (Lipinski definition) is 1.